The first kappa shape index (κ1) is 26.4. The summed E-state index contributed by atoms with van der Waals surface area (Å²) >= 11 is 0. The molecule has 0 radical (unpaired) electrons. The van der Waals surface area contributed by atoms with Gasteiger partial charge in [0.1, 0.15) is 11.6 Å². The molecule has 0 aromatic rings. The number of nitrogens with one attached hydrogen (secondary N) is 2. The maximum Gasteiger partial charge on any atom is 0.246 e. The van der Waals surface area contributed by atoms with Crippen molar-refractivity contribution in [1.82, 2.24) is 15.5 Å². The summed E-state index contributed by atoms with van der Waals surface area (Å²) in [7, 11) is 0. The summed E-state index contributed by atoms with van der Waals surface area (Å²) in [4.78, 5) is 43.3. The van der Waals surface area contributed by atoms with Crippen LogP contribution in [0.5, 0.6) is 0 Å². The molecule has 3 heterocycles. The second-order valence-corrected chi connectivity index (χ2v) is 11.7. The highest BCUT2D eigenvalue weighted by atomic mass is 16.5. The van der Waals surface area contributed by atoms with Gasteiger partial charge in [-0.2, -0.15) is 0 Å². The fourth-order valence-corrected chi connectivity index (χ4v) is 7.43. The SMILES string of the molecule is CCCNC(=O)[C@@H]1[C@H]2C(=O)N([C@@H](CO)[C@@H](C)CC)C(C(=O)NC3CCCCC3)C23CC(C)[C@@]1(C)O3. The summed E-state index contributed by atoms with van der Waals surface area (Å²) < 4.78 is 6.76. The Kier molecular flexibility index (Phi) is 7.54. The van der Waals surface area contributed by atoms with E-state index in [-0.39, 0.29) is 42.2 Å². The second kappa shape index (κ2) is 10.0. The average molecular weight is 492 g/mol. The Hall–Kier alpha value is -1.67. The monoisotopic (exact) mass is 491 g/mol. The van der Waals surface area contributed by atoms with Crippen molar-refractivity contribution in [3.8, 4) is 0 Å². The Bertz CT molecular complexity index is 830. The van der Waals surface area contributed by atoms with Crippen molar-refractivity contribution in [1.29, 1.82) is 0 Å². The molecule has 8 atom stereocenters. The number of hydrogen-bond donors (Lipinski definition) is 3. The normalized spacial score (nSPS) is 38.3. The Morgan fingerprint density at radius 2 is 1.89 bits per heavy atom. The minimum absolute atomic E-state index is 0.00161. The minimum Gasteiger partial charge on any atom is -0.394 e. The summed E-state index contributed by atoms with van der Waals surface area (Å²) in [5.41, 5.74) is -1.86. The topological polar surface area (TPSA) is 108 Å². The standard InChI is InChI=1S/C27H45N3O5/c1-6-13-28-23(32)20-21-25(34)30(19(15-31)16(3)7-2)22(24(33)29-18-11-9-8-10-12-18)27(21)14-17(4)26(20,5)35-27/h16-22,31H,6-15H2,1-5H3,(H,28,32)(H,29,33)/t16-,17?,19-,20-,21-,22?,26+,27?/m0/s1. The van der Waals surface area contributed by atoms with Crippen molar-refractivity contribution in [2.24, 2.45) is 23.7 Å². The predicted octanol–water partition coefficient (Wildman–Crippen LogP) is 2.38. The van der Waals surface area contributed by atoms with Crippen molar-refractivity contribution >= 4 is 17.7 Å². The van der Waals surface area contributed by atoms with E-state index in [0.29, 0.717) is 13.0 Å². The lowest BCUT2D eigenvalue weighted by atomic mass is 9.62. The van der Waals surface area contributed by atoms with Crippen molar-refractivity contribution in [3.63, 3.8) is 0 Å². The molecule has 3 aliphatic heterocycles. The average Bonchev–Trinajstić information content (AvgIpc) is 3.35. The molecule has 1 saturated carbocycles. The zero-order chi connectivity index (χ0) is 25.5. The van der Waals surface area contributed by atoms with Crippen molar-refractivity contribution in [3.05, 3.63) is 0 Å². The molecule has 0 aromatic carbocycles. The van der Waals surface area contributed by atoms with Gasteiger partial charge in [-0.05, 0) is 44.4 Å². The molecule has 35 heavy (non-hydrogen) atoms. The lowest BCUT2D eigenvalue weighted by Gasteiger charge is -2.40. The van der Waals surface area contributed by atoms with Gasteiger partial charge in [0.25, 0.3) is 0 Å². The quantitative estimate of drug-likeness (QED) is 0.459. The van der Waals surface area contributed by atoms with E-state index in [0.717, 1.165) is 38.5 Å². The fourth-order valence-electron chi connectivity index (χ4n) is 7.43. The summed E-state index contributed by atoms with van der Waals surface area (Å²) in [5.74, 6) is -1.94. The third-order valence-corrected chi connectivity index (χ3v) is 9.63. The highest BCUT2D eigenvalue weighted by Gasteiger charge is 2.80. The molecule has 3 amide bonds. The molecule has 4 aliphatic rings. The number of rotatable bonds is 9. The molecular formula is C27H45N3O5. The first-order valence-electron chi connectivity index (χ1n) is 13.9. The molecule has 2 bridgehead atoms. The van der Waals surface area contributed by atoms with Gasteiger partial charge in [0.15, 0.2) is 0 Å². The van der Waals surface area contributed by atoms with Gasteiger partial charge in [0, 0.05) is 12.6 Å². The Morgan fingerprint density at radius 1 is 1.20 bits per heavy atom. The van der Waals surface area contributed by atoms with Crippen LogP contribution in [0.4, 0.5) is 0 Å². The first-order valence-corrected chi connectivity index (χ1v) is 13.9. The molecule has 3 saturated heterocycles. The van der Waals surface area contributed by atoms with Gasteiger partial charge in [-0.15, -0.1) is 0 Å². The van der Waals surface area contributed by atoms with Gasteiger partial charge in [-0.3, -0.25) is 14.4 Å². The van der Waals surface area contributed by atoms with E-state index in [9.17, 15) is 19.5 Å². The zero-order valence-electron chi connectivity index (χ0n) is 22.1. The molecule has 3 unspecified atom stereocenters. The number of ether oxygens (including phenoxy) is 1. The molecular weight excluding hydrogens is 446 g/mol. The van der Waals surface area contributed by atoms with Crippen LogP contribution in [0.15, 0.2) is 0 Å². The number of hydrogen-bond acceptors (Lipinski definition) is 5. The lowest BCUT2D eigenvalue weighted by Crippen LogP contribution is -2.60. The Labute approximate surface area is 209 Å². The summed E-state index contributed by atoms with van der Waals surface area (Å²) in [5, 5.41) is 16.7. The van der Waals surface area contributed by atoms with Gasteiger partial charge in [0.05, 0.1) is 30.1 Å². The van der Waals surface area contributed by atoms with Gasteiger partial charge in [-0.25, -0.2) is 0 Å². The molecule has 198 valence electrons. The van der Waals surface area contributed by atoms with Crippen LogP contribution in [0.1, 0.15) is 86.0 Å². The number of aliphatic hydroxyl groups is 1. The molecule has 8 nitrogen and oxygen atoms in total. The van der Waals surface area contributed by atoms with Crippen LogP contribution >= 0.6 is 0 Å². The predicted molar refractivity (Wildman–Crippen MR) is 132 cm³/mol. The van der Waals surface area contributed by atoms with Gasteiger partial charge >= 0.3 is 0 Å². The number of nitrogens with zero attached hydrogens (tertiary/aromatic N) is 1. The van der Waals surface area contributed by atoms with E-state index < -0.39 is 35.1 Å². The van der Waals surface area contributed by atoms with E-state index in [2.05, 4.69) is 17.6 Å². The molecule has 3 N–H and O–H groups in total. The lowest BCUT2D eigenvalue weighted by molar-refractivity contribution is -0.152. The Balaban J connectivity index is 1.76. The maximum absolute atomic E-state index is 14.2. The van der Waals surface area contributed by atoms with Crippen LogP contribution < -0.4 is 10.6 Å². The fraction of sp³-hybridized carbons (Fsp3) is 0.889. The largest absolute Gasteiger partial charge is 0.394 e. The molecule has 4 fully saturated rings. The van der Waals surface area contributed by atoms with E-state index in [1.54, 1.807) is 4.90 Å². The van der Waals surface area contributed by atoms with Crippen LogP contribution in [-0.2, 0) is 19.1 Å². The highest BCUT2D eigenvalue weighted by Crippen LogP contribution is 2.65. The van der Waals surface area contributed by atoms with Crippen molar-refractivity contribution in [2.45, 2.75) is 115 Å². The van der Waals surface area contributed by atoms with Crippen LogP contribution in [0.3, 0.4) is 0 Å². The summed E-state index contributed by atoms with van der Waals surface area (Å²) in [6.45, 7) is 10.3. The van der Waals surface area contributed by atoms with Crippen molar-refractivity contribution in [2.75, 3.05) is 13.2 Å². The number of carbonyl (C=O) groups excluding carboxylic acids is 3. The number of likely N-dealkylation sites (tertiary alicyclic amines) is 1. The third kappa shape index (κ3) is 4.08. The first-order chi connectivity index (χ1) is 16.7. The van der Waals surface area contributed by atoms with Crippen molar-refractivity contribution < 1.29 is 24.2 Å². The second-order valence-electron chi connectivity index (χ2n) is 11.7. The molecule has 0 aromatic heterocycles. The number of amides is 3. The Morgan fingerprint density at radius 3 is 2.49 bits per heavy atom. The van der Waals surface area contributed by atoms with Gasteiger partial charge in [0.2, 0.25) is 17.7 Å². The van der Waals surface area contributed by atoms with E-state index in [1.807, 2.05) is 27.7 Å². The number of aliphatic hydroxyl groups excluding tert-OH is 1. The van der Waals surface area contributed by atoms with Crippen LogP contribution in [0.25, 0.3) is 0 Å². The van der Waals surface area contributed by atoms with Gasteiger partial charge in [-0.1, -0.05) is 53.4 Å². The van der Waals surface area contributed by atoms with Crippen LogP contribution in [0, 0.1) is 23.7 Å². The summed E-state index contributed by atoms with van der Waals surface area (Å²) in [6, 6.07) is -1.25. The molecule has 1 spiro atoms. The number of carbonyl (C=O) groups is 3. The molecule has 1 aliphatic carbocycles. The van der Waals surface area contributed by atoms with E-state index in [1.165, 1.54) is 6.42 Å². The van der Waals surface area contributed by atoms with E-state index >= 15 is 0 Å². The summed E-state index contributed by atoms with van der Waals surface area (Å²) in [6.07, 6.45) is 7.35. The maximum atomic E-state index is 14.2. The third-order valence-electron chi connectivity index (χ3n) is 9.63. The van der Waals surface area contributed by atoms with Crippen LogP contribution in [-0.4, -0.2) is 70.2 Å². The zero-order valence-corrected chi connectivity index (χ0v) is 22.1. The van der Waals surface area contributed by atoms with Gasteiger partial charge < -0.3 is 25.4 Å². The van der Waals surface area contributed by atoms with Crippen LogP contribution in [0.2, 0.25) is 0 Å². The molecule has 8 heteroatoms. The minimum atomic E-state index is -1.06. The molecule has 4 rings (SSSR count). The smallest absolute Gasteiger partial charge is 0.246 e. The van der Waals surface area contributed by atoms with E-state index in [4.69, 9.17) is 4.74 Å². The number of fused-ring (bicyclic) bond motifs is 1. The highest BCUT2D eigenvalue weighted by molar-refractivity contribution is 5.99.